The van der Waals surface area contributed by atoms with Crippen LogP contribution in [0.1, 0.15) is 23.2 Å². The second-order valence-electron chi connectivity index (χ2n) is 3.15. The first kappa shape index (κ1) is 12.1. The molecule has 0 N–H and O–H groups in total. The first-order chi connectivity index (χ1) is 7.72. The third-order valence-corrected chi connectivity index (χ3v) is 2.17. The highest BCUT2D eigenvalue weighted by Crippen LogP contribution is 2.25. The predicted molar refractivity (Wildman–Crippen MR) is 58.7 cm³/mol. The van der Waals surface area contributed by atoms with E-state index in [0.29, 0.717) is 17.1 Å². The molecule has 0 unspecified atom stereocenters. The van der Waals surface area contributed by atoms with Gasteiger partial charge in [-0.05, 0) is 12.1 Å². The van der Waals surface area contributed by atoms with E-state index in [-0.39, 0.29) is 18.6 Å². The first-order valence-corrected chi connectivity index (χ1v) is 4.85. The fourth-order valence-corrected chi connectivity index (χ4v) is 1.33. The third-order valence-electron chi connectivity index (χ3n) is 2.17. The molecule has 1 aromatic carbocycles. The summed E-state index contributed by atoms with van der Waals surface area (Å²) in [6, 6.07) is 6.94. The van der Waals surface area contributed by atoms with Gasteiger partial charge in [0.1, 0.15) is 11.5 Å². The molecule has 0 amide bonds. The standard InChI is InChI=1S/C12H13NO3/c1-15-9-5-6-10(12(8-9)16-2)11(14)4-3-7-13/h5-6,8H,3-4H2,1-2H3. The minimum absolute atomic E-state index is 0.0962. The Kier molecular flexibility index (Phi) is 4.34. The van der Waals surface area contributed by atoms with Crippen LogP contribution in [0.3, 0.4) is 0 Å². The Hall–Kier alpha value is -2.02. The number of nitriles is 1. The van der Waals surface area contributed by atoms with Gasteiger partial charge < -0.3 is 9.47 Å². The summed E-state index contributed by atoms with van der Waals surface area (Å²) in [5.41, 5.74) is 0.485. The zero-order valence-electron chi connectivity index (χ0n) is 9.32. The molecule has 1 rings (SSSR count). The molecule has 16 heavy (non-hydrogen) atoms. The van der Waals surface area contributed by atoms with E-state index in [1.54, 1.807) is 25.3 Å². The molecule has 1 aromatic rings. The summed E-state index contributed by atoms with van der Waals surface area (Å²) in [5.74, 6) is 1.01. The number of hydrogen-bond donors (Lipinski definition) is 0. The molecule has 0 aromatic heterocycles. The molecule has 0 aliphatic carbocycles. The number of carbonyl (C=O) groups is 1. The summed E-state index contributed by atoms with van der Waals surface area (Å²) < 4.78 is 10.1. The highest BCUT2D eigenvalue weighted by Gasteiger charge is 2.12. The van der Waals surface area contributed by atoms with Crippen LogP contribution < -0.4 is 9.47 Å². The lowest BCUT2D eigenvalue weighted by Crippen LogP contribution is -2.02. The van der Waals surface area contributed by atoms with Crippen molar-refractivity contribution in [2.24, 2.45) is 0 Å². The summed E-state index contributed by atoms with van der Waals surface area (Å²) in [5, 5.41) is 8.42. The smallest absolute Gasteiger partial charge is 0.167 e. The molecule has 0 fully saturated rings. The van der Waals surface area contributed by atoms with Gasteiger partial charge in [0.05, 0.1) is 25.9 Å². The number of rotatable bonds is 5. The van der Waals surface area contributed by atoms with Crippen LogP contribution in [0.2, 0.25) is 0 Å². The third kappa shape index (κ3) is 2.74. The Morgan fingerprint density at radius 1 is 1.38 bits per heavy atom. The predicted octanol–water partition coefficient (Wildman–Crippen LogP) is 2.19. The number of methoxy groups -OCH3 is 2. The minimum atomic E-state index is -0.0962. The lowest BCUT2D eigenvalue weighted by molar-refractivity contribution is 0.0981. The van der Waals surface area contributed by atoms with E-state index >= 15 is 0 Å². The highest BCUT2D eigenvalue weighted by molar-refractivity contribution is 5.98. The summed E-state index contributed by atoms with van der Waals surface area (Å²) in [7, 11) is 3.04. The van der Waals surface area contributed by atoms with Gasteiger partial charge in [0.2, 0.25) is 0 Å². The molecule has 0 aliphatic rings. The van der Waals surface area contributed by atoms with Crippen molar-refractivity contribution in [3.63, 3.8) is 0 Å². The molecule has 0 aliphatic heterocycles. The summed E-state index contributed by atoms with van der Waals surface area (Å²) in [6.45, 7) is 0. The fourth-order valence-electron chi connectivity index (χ4n) is 1.33. The van der Waals surface area contributed by atoms with Gasteiger partial charge in [-0.1, -0.05) is 0 Å². The SMILES string of the molecule is COc1ccc(C(=O)CCC#N)c(OC)c1. The zero-order chi connectivity index (χ0) is 12.0. The van der Waals surface area contributed by atoms with E-state index in [4.69, 9.17) is 14.7 Å². The van der Waals surface area contributed by atoms with Gasteiger partial charge >= 0.3 is 0 Å². The van der Waals surface area contributed by atoms with Crippen molar-refractivity contribution in [3.8, 4) is 17.6 Å². The van der Waals surface area contributed by atoms with Crippen molar-refractivity contribution < 1.29 is 14.3 Å². The van der Waals surface area contributed by atoms with Gasteiger partial charge in [-0.25, -0.2) is 0 Å². The molecule has 0 radical (unpaired) electrons. The zero-order valence-corrected chi connectivity index (χ0v) is 9.32. The van der Waals surface area contributed by atoms with Crippen LogP contribution in [0.5, 0.6) is 11.5 Å². The molecule has 4 heteroatoms. The van der Waals surface area contributed by atoms with Gasteiger partial charge in [0.15, 0.2) is 5.78 Å². The van der Waals surface area contributed by atoms with Crippen LogP contribution in [0.4, 0.5) is 0 Å². The number of hydrogen-bond acceptors (Lipinski definition) is 4. The number of ether oxygens (including phenoxy) is 2. The van der Waals surface area contributed by atoms with Gasteiger partial charge in [0, 0.05) is 18.9 Å². The Bertz CT molecular complexity index is 421. The molecular formula is C12H13NO3. The van der Waals surface area contributed by atoms with E-state index in [9.17, 15) is 4.79 Å². The second kappa shape index (κ2) is 5.76. The number of Topliss-reactive ketones (excluding diaryl/α,β-unsaturated/α-hetero) is 1. The van der Waals surface area contributed by atoms with Crippen molar-refractivity contribution in [1.29, 1.82) is 5.26 Å². The number of carbonyl (C=O) groups excluding carboxylic acids is 1. The van der Waals surface area contributed by atoms with Crippen LogP contribution in [0.15, 0.2) is 18.2 Å². The summed E-state index contributed by atoms with van der Waals surface area (Å²) >= 11 is 0. The van der Waals surface area contributed by atoms with Crippen LogP contribution >= 0.6 is 0 Å². The van der Waals surface area contributed by atoms with Gasteiger partial charge in [-0.15, -0.1) is 0 Å². The molecule has 0 saturated carbocycles. The van der Waals surface area contributed by atoms with E-state index in [0.717, 1.165) is 0 Å². The molecule has 0 heterocycles. The lowest BCUT2D eigenvalue weighted by atomic mass is 10.1. The van der Waals surface area contributed by atoms with E-state index in [2.05, 4.69) is 0 Å². The average molecular weight is 219 g/mol. The van der Waals surface area contributed by atoms with Crippen LogP contribution in [0.25, 0.3) is 0 Å². The summed E-state index contributed by atoms with van der Waals surface area (Å²) in [4.78, 5) is 11.7. The van der Waals surface area contributed by atoms with Crippen molar-refractivity contribution in [2.75, 3.05) is 14.2 Å². The molecular weight excluding hydrogens is 206 g/mol. The van der Waals surface area contributed by atoms with Crippen molar-refractivity contribution >= 4 is 5.78 Å². The van der Waals surface area contributed by atoms with Crippen LogP contribution in [0, 0.1) is 11.3 Å². The van der Waals surface area contributed by atoms with E-state index in [1.807, 2.05) is 6.07 Å². The molecule has 84 valence electrons. The monoisotopic (exact) mass is 219 g/mol. The molecule has 4 nitrogen and oxygen atoms in total. The number of benzene rings is 1. The van der Waals surface area contributed by atoms with Crippen molar-refractivity contribution in [3.05, 3.63) is 23.8 Å². The Morgan fingerprint density at radius 3 is 2.69 bits per heavy atom. The quantitative estimate of drug-likeness (QED) is 0.712. The topological polar surface area (TPSA) is 59.3 Å². The fraction of sp³-hybridized carbons (Fsp3) is 0.333. The normalized spacial score (nSPS) is 9.31. The largest absolute Gasteiger partial charge is 0.497 e. The molecule has 0 bridgehead atoms. The second-order valence-corrected chi connectivity index (χ2v) is 3.15. The van der Waals surface area contributed by atoms with Crippen molar-refractivity contribution in [2.45, 2.75) is 12.8 Å². The molecule has 0 spiro atoms. The van der Waals surface area contributed by atoms with E-state index < -0.39 is 0 Å². The van der Waals surface area contributed by atoms with Crippen molar-refractivity contribution in [1.82, 2.24) is 0 Å². The number of ketones is 1. The van der Waals surface area contributed by atoms with E-state index in [1.165, 1.54) is 7.11 Å². The summed E-state index contributed by atoms with van der Waals surface area (Å²) in [6.07, 6.45) is 0.424. The Morgan fingerprint density at radius 2 is 2.12 bits per heavy atom. The maximum atomic E-state index is 11.7. The maximum Gasteiger partial charge on any atom is 0.167 e. The molecule has 0 atom stereocenters. The first-order valence-electron chi connectivity index (χ1n) is 4.85. The maximum absolute atomic E-state index is 11.7. The van der Waals surface area contributed by atoms with Gasteiger partial charge in [0.25, 0.3) is 0 Å². The van der Waals surface area contributed by atoms with Gasteiger partial charge in [-0.3, -0.25) is 4.79 Å². The highest BCUT2D eigenvalue weighted by atomic mass is 16.5. The minimum Gasteiger partial charge on any atom is -0.497 e. The molecule has 0 saturated heterocycles. The number of nitrogens with zero attached hydrogens (tertiary/aromatic N) is 1. The van der Waals surface area contributed by atoms with Gasteiger partial charge in [-0.2, -0.15) is 5.26 Å². The Balaban J connectivity index is 2.95. The lowest BCUT2D eigenvalue weighted by Gasteiger charge is -2.08. The average Bonchev–Trinajstić information content (AvgIpc) is 2.34. The van der Waals surface area contributed by atoms with Crippen LogP contribution in [-0.2, 0) is 0 Å². The van der Waals surface area contributed by atoms with Crippen LogP contribution in [-0.4, -0.2) is 20.0 Å². The Labute approximate surface area is 94.4 Å².